The average molecular weight is 279 g/mol. The fourth-order valence-corrected chi connectivity index (χ4v) is 4.83. The summed E-state index contributed by atoms with van der Waals surface area (Å²) in [6.07, 6.45) is 3.15. The summed E-state index contributed by atoms with van der Waals surface area (Å²) in [5.41, 5.74) is 2.76. The van der Waals surface area contributed by atoms with Crippen molar-refractivity contribution >= 4 is 10.8 Å². The van der Waals surface area contributed by atoms with Gasteiger partial charge < -0.3 is 5.32 Å². The maximum absolute atomic E-state index is 12.6. The first kappa shape index (κ1) is 14.7. The molecule has 0 saturated heterocycles. The minimum absolute atomic E-state index is 0.248. The quantitative estimate of drug-likeness (QED) is 0.897. The van der Waals surface area contributed by atoms with E-state index in [1.54, 1.807) is 0 Å². The number of benzene rings is 1. The zero-order valence-corrected chi connectivity index (χ0v) is 13.0. The van der Waals surface area contributed by atoms with Crippen molar-refractivity contribution in [3.63, 3.8) is 0 Å². The standard InChI is InChI=1S/C16H25NOS/c1-12(2)10-11-19(18)15-9-8-13-6-4-5-7-14(13)16(15)17-3/h4-7,12,15-17H,8-11H2,1-3H3. The van der Waals surface area contributed by atoms with Crippen molar-refractivity contribution in [1.82, 2.24) is 5.32 Å². The number of hydrogen-bond acceptors (Lipinski definition) is 2. The molecule has 3 unspecified atom stereocenters. The summed E-state index contributed by atoms with van der Waals surface area (Å²) in [4.78, 5) is 0. The van der Waals surface area contributed by atoms with Gasteiger partial charge >= 0.3 is 0 Å². The van der Waals surface area contributed by atoms with Gasteiger partial charge in [-0.1, -0.05) is 38.1 Å². The lowest BCUT2D eigenvalue weighted by Gasteiger charge is -2.33. The van der Waals surface area contributed by atoms with Gasteiger partial charge in [0.05, 0.1) is 5.25 Å². The summed E-state index contributed by atoms with van der Waals surface area (Å²) in [5.74, 6) is 1.47. The monoisotopic (exact) mass is 279 g/mol. The van der Waals surface area contributed by atoms with Gasteiger partial charge in [-0.05, 0) is 43.4 Å². The largest absolute Gasteiger partial charge is 0.312 e. The average Bonchev–Trinajstić information content (AvgIpc) is 2.43. The second-order valence-electron chi connectivity index (χ2n) is 5.81. The molecule has 1 aliphatic carbocycles. The van der Waals surface area contributed by atoms with Crippen LogP contribution in [0.2, 0.25) is 0 Å². The van der Waals surface area contributed by atoms with Crippen LogP contribution in [0.25, 0.3) is 0 Å². The van der Waals surface area contributed by atoms with E-state index in [1.807, 2.05) is 7.05 Å². The van der Waals surface area contributed by atoms with Crippen LogP contribution >= 0.6 is 0 Å². The van der Waals surface area contributed by atoms with Crippen LogP contribution in [-0.4, -0.2) is 22.3 Å². The molecular weight excluding hydrogens is 254 g/mol. The third-order valence-corrected chi connectivity index (χ3v) is 5.83. The van der Waals surface area contributed by atoms with Gasteiger partial charge in [0.1, 0.15) is 0 Å². The molecular formula is C16H25NOS. The molecule has 2 nitrogen and oxygen atoms in total. The Morgan fingerprint density at radius 3 is 2.79 bits per heavy atom. The van der Waals surface area contributed by atoms with Crippen LogP contribution in [0, 0.1) is 5.92 Å². The predicted octanol–water partition coefficient (Wildman–Crippen LogP) is 3.06. The first-order valence-electron chi connectivity index (χ1n) is 7.25. The molecule has 0 saturated carbocycles. The summed E-state index contributed by atoms with van der Waals surface area (Å²) in [7, 11) is 1.26. The van der Waals surface area contributed by atoms with E-state index >= 15 is 0 Å². The van der Waals surface area contributed by atoms with Gasteiger partial charge in [0.2, 0.25) is 0 Å². The van der Waals surface area contributed by atoms with E-state index in [2.05, 4.69) is 43.4 Å². The molecule has 3 atom stereocenters. The number of fused-ring (bicyclic) bond motifs is 1. The van der Waals surface area contributed by atoms with Gasteiger partial charge in [-0.25, -0.2) is 0 Å². The summed E-state index contributed by atoms with van der Waals surface area (Å²) in [6.45, 7) is 4.39. The fourth-order valence-electron chi connectivity index (χ4n) is 2.86. The van der Waals surface area contributed by atoms with Gasteiger partial charge in [0.25, 0.3) is 0 Å². The van der Waals surface area contributed by atoms with Gasteiger partial charge in [-0.15, -0.1) is 0 Å². The van der Waals surface area contributed by atoms with E-state index in [0.717, 1.165) is 25.0 Å². The molecule has 1 aliphatic rings. The molecule has 19 heavy (non-hydrogen) atoms. The van der Waals surface area contributed by atoms with Crippen molar-refractivity contribution < 1.29 is 4.21 Å². The van der Waals surface area contributed by atoms with E-state index in [-0.39, 0.29) is 11.3 Å². The Morgan fingerprint density at radius 2 is 2.11 bits per heavy atom. The molecule has 1 N–H and O–H groups in total. The van der Waals surface area contributed by atoms with Gasteiger partial charge in [-0.3, -0.25) is 4.21 Å². The normalized spacial score (nSPS) is 24.2. The highest BCUT2D eigenvalue weighted by Gasteiger charge is 2.32. The summed E-state index contributed by atoms with van der Waals surface area (Å²) in [5, 5.41) is 3.65. The summed E-state index contributed by atoms with van der Waals surface area (Å²) in [6, 6.07) is 8.82. The fraction of sp³-hybridized carbons (Fsp3) is 0.625. The van der Waals surface area contributed by atoms with Crippen molar-refractivity contribution in [3.8, 4) is 0 Å². The van der Waals surface area contributed by atoms with Gasteiger partial charge in [-0.2, -0.15) is 0 Å². The SMILES string of the molecule is CNC1c2ccccc2CCC1S(=O)CCC(C)C. The number of hydrogen-bond donors (Lipinski definition) is 1. The predicted molar refractivity (Wildman–Crippen MR) is 82.8 cm³/mol. The Morgan fingerprint density at radius 1 is 1.37 bits per heavy atom. The smallest absolute Gasteiger partial charge is 0.0546 e. The molecule has 0 aromatic heterocycles. The Balaban J connectivity index is 2.13. The molecule has 106 valence electrons. The highest BCUT2D eigenvalue weighted by atomic mass is 32.2. The summed E-state index contributed by atoms with van der Waals surface area (Å²) >= 11 is 0. The molecule has 0 fully saturated rings. The van der Waals surface area contributed by atoms with E-state index in [1.165, 1.54) is 11.1 Å². The van der Waals surface area contributed by atoms with Crippen molar-refractivity contribution in [1.29, 1.82) is 0 Å². The van der Waals surface area contributed by atoms with E-state index in [0.29, 0.717) is 5.92 Å². The Bertz CT molecular complexity index is 444. The molecule has 0 aliphatic heterocycles. The van der Waals surface area contributed by atoms with Gasteiger partial charge in [0.15, 0.2) is 0 Å². The van der Waals surface area contributed by atoms with Crippen LogP contribution in [0.1, 0.15) is 43.9 Å². The maximum Gasteiger partial charge on any atom is 0.0546 e. The first-order chi connectivity index (χ1) is 9.13. The minimum Gasteiger partial charge on any atom is -0.312 e. The van der Waals surface area contributed by atoms with Crippen LogP contribution in [0.5, 0.6) is 0 Å². The van der Waals surface area contributed by atoms with Crippen molar-refractivity contribution in [2.45, 2.75) is 44.4 Å². The van der Waals surface area contributed by atoms with Crippen molar-refractivity contribution in [2.24, 2.45) is 5.92 Å². The Hall–Kier alpha value is -0.670. The second kappa shape index (κ2) is 6.67. The van der Waals surface area contributed by atoms with Crippen LogP contribution in [0.4, 0.5) is 0 Å². The molecule has 1 aromatic rings. The Kier molecular flexibility index (Phi) is 5.17. The van der Waals surface area contributed by atoms with Crippen LogP contribution < -0.4 is 5.32 Å². The lowest BCUT2D eigenvalue weighted by atomic mass is 9.87. The number of aryl methyl sites for hydroxylation is 1. The highest BCUT2D eigenvalue weighted by Crippen LogP contribution is 2.33. The lowest BCUT2D eigenvalue weighted by molar-refractivity contribution is 0.495. The zero-order valence-electron chi connectivity index (χ0n) is 12.2. The topological polar surface area (TPSA) is 29.1 Å². The molecule has 0 bridgehead atoms. The van der Waals surface area contributed by atoms with Crippen LogP contribution in [0.3, 0.4) is 0 Å². The molecule has 0 spiro atoms. The number of rotatable bonds is 5. The van der Waals surface area contributed by atoms with Crippen molar-refractivity contribution in [2.75, 3.05) is 12.8 Å². The molecule has 0 radical (unpaired) electrons. The molecule has 1 aromatic carbocycles. The molecule has 0 amide bonds. The second-order valence-corrected chi connectivity index (χ2v) is 7.58. The van der Waals surface area contributed by atoms with Crippen LogP contribution in [0.15, 0.2) is 24.3 Å². The van der Waals surface area contributed by atoms with Crippen molar-refractivity contribution in [3.05, 3.63) is 35.4 Å². The third kappa shape index (κ3) is 3.46. The Labute approximate surface area is 119 Å². The van der Waals surface area contributed by atoms with E-state index in [9.17, 15) is 4.21 Å². The maximum atomic E-state index is 12.6. The van der Waals surface area contributed by atoms with Crippen LogP contribution in [-0.2, 0) is 17.2 Å². The summed E-state index contributed by atoms with van der Waals surface area (Å²) < 4.78 is 12.6. The number of nitrogens with one attached hydrogen (secondary N) is 1. The third-order valence-electron chi connectivity index (χ3n) is 4.01. The van der Waals surface area contributed by atoms with E-state index < -0.39 is 10.8 Å². The first-order valence-corrected chi connectivity index (χ1v) is 8.64. The van der Waals surface area contributed by atoms with Gasteiger partial charge in [0, 0.05) is 22.6 Å². The zero-order chi connectivity index (χ0) is 13.8. The minimum atomic E-state index is -0.727. The molecule has 0 heterocycles. The molecule has 2 rings (SSSR count). The van der Waals surface area contributed by atoms with E-state index in [4.69, 9.17) is 0 Å². The molecule has 3 heteroatoms. The lowest BCUT2D eigenvalue weighted by Crippen LogP contribution is -2.37. The highest BCUT2D eigenvalue weighted by molar-refractivity contribution is 7.85.